The smallest absolute Gasteiger partial charge is 0.263 e. The molecule has 0 radical (unpaired) electrons. The number of para-hydroxylation sites is 1. The number of anilines is 1. The van der Waals surface area contributed by atoms with Gasteiger partial charge in [-0.2, -0.15) is 0 Å². The van der Waals surface area contributed by atoms with E-state index < -0.39 is 0 Å². The molecule has 0 spiro atoms. The predicted molar refractivity (Wildman–Crippen MR) is 140 cm³/mol. The minimum atomic E-state index is -0.263. The number of carbonyl (C=O) groups is 1. The van der Waals surface area contributed by atoms with Gasteiger partial charge in [-0.25, -0.2) is 4.98 Å². The Kier molecular flexibility index (Phi) is 6.86. The summed E-state index contributed by atoms with van der Waals surface area (Å²) in [7, 11) is 0. The Bertz CT molecular complexity index is 1410. The number of aliphatic hydroxyl groups excluding tert-OH is 1. The molecule has 1 aliphatic rings. The number of aliphatic hydroxyl groups is 1. The lowest BCUT2D eigenvalue weighted by atomic mass is 9.98. The molecule has 0 bridgehead atoms. The normalized spacial score (nSPS) is 14.4. The number of carbonyl (C=O) groups excluding carboxylic acids is 1. The topological polar surface area (TPSA) is 87.5 Å². The second-order valence-corrected chi connectivity index (χ2v) is 10.1. The summed E-state index contributed by atoms with van der Waals surface area (Å²) in [5.74, 6) is 0.0766. The van der Waals surface area contributed by atoms with Crippen molar-refractivity contribution in [2.24, 2.45) is 5.92 Å². The molecule has 0 unspecified atom stereocenters. The van der Waals surface area contributed by atoms with Gasteiger partial charge in [-0.05, 0) is 49.1 Å². The second-order valence-electron chi connectivity index (χ2n) is 8.65. The highest BCUT2D eigenvalue weighted by molar-refractivity contribution is 7.17. The number of amides is 1. The molecule has 2 N–H and O–H groups in total. The molecule has 5 rings (SSSR count). The van der Waals surface area contributed by atoms with Crippen LogP contribution in [0.15, 0.2) is 65.7 Å². The van der Waals surface area contributed by atoms with Crippen molar-refractivity contribution < 1.29 is 9.90 Å². The molecule has 7 nitrogen and oxygen atoms in total. The average molecular weight is 509 g/mol. The Labute approximate surface area is 211 Å². The summed E-state index contributed by atoms with van der Waals surface area (Å²) in [6.45, 7) is 1.95. The van der Waals surface area contributed by atoms with Crippen LogP contribution in [0, 0.1) is 5.92 Å². The van der Waals surface area contributed by atoms with Crippen molar-refractivity contribution in [3.8, 4) is 5.69 Å². The van der Waals surface area contributed by atoms with Crippen LogP contribution in [0.2, 0.25) is 5.02 Å². The fourth-order valence-corrected chi connectivity index (χ4v) is 5.42. The van der Waals surface area contributed by atoms with Crippen LogP contribution in [0.1, 0.15) is 28.1 Å². The molecule has 0 saturated carbocycles. The zero-order chi connectivity index (χ0) is 24.4. The fourth-order valence-electron chi connectivity index (χ4n) is 4.37. The lowest BCUT2D eigenvalue weighted by Crippen LogP contribution is -2.34. The molecule has 1 saturated heterocycles. The molecule has 35 heavy (non-hydrogen) atoms. The highest BCUT2D eigenvalue weighted by Gasteiger charge is 2.22. The summed E-state index contributed by atoms with van der Waals surface area (Å²) in [5, 5.41) is 14.1. The minimum absolute atomic E-state index is 0.0954. The highest BCUT2D eigenvalue weighted by atomic mass is 35.5. The molecule has 2 aromatic heterocycles. The van der Waals surface area contributed by atoms with Crippen LogP contribution in [-0.4, -0.2) is 40.3 Å². The van der Waals surface area contributed by atoms with Crippen LogP contribution >= 0.6 is 22.9 Å². The molecule has 3 heterocycles. The van der Waals surface area contributed by atoms with E-state index in [2.05, 4.69) is 15.2 Å². The van der Waals surface area contributed by atoms with Gasteiger partial charge in [-0.1, -0.05) is 41.1 Å². The number of piperidine rings is 1. The van der Waals surface area contributed by atoms with Gasteiger partial charge in [-0.15, -0.1) is 0 Å². The Morgan fingerprint density at radius 3 is 2.69 bits per heavy atom. The van der Waals surface area contributed by atoms with Gasteiger partial charge < -0.3 is 19.9 Å². The van der Waals surface area contributed by atoms with E-state index >= 15 is 0 Å². The second kappa shape index (κ2) is 10.2. The SMILES string of the molecule is O=C(NCc1cn(-c2ccccc2)c2cc(Cl)ccc2c1=O)c1cnc(N2CCC(CO)CC2)s1. The van der Waals surface area contributed by atoms with Gasteiger partial charge in [-0.3, -0.25) is 9.59 Å². The quantitative estimate of drug-likeness (QED) is 0.407. The first-order valence-corrected chi connectivity index (χ1v) is 12.7. The van der Waals surface area contributed by atoms with E-state index in [1.165, 1.54) is 11.3 Å². The van der Waals surface area contributed by atoms with Crippen LogP contribution in [0.5, 0.6) is 0 Å². The lowest BCUT2D eigenvalue weighted by molar-refractivity contribution is 0.0954. The largest absolute Gasteiger partial charge is 0.396 e. The molecule has 1 aliphatic heterocycles. The number of thiazole rings is 1. The Morgan fingerprint density at radius 2 is 1.94 bits per heavy atom. The summed E-state index contributed by atoms with van der Waals surface area (Å²) in [5.41, 5.74) is 1.94. The predicted octanol–water partition coefficient (Wildman–Crippen LogP) is 4.24. The Morgan fingerprint density at radius 1 is 1.17 bits per heavy atom. The van der Waals surface area contributed by atoms with Gasteiger partial charge in [0.05, 0.1) is 11.7 Å². The van der Waals surface area contributed by atoms with E-state index in [4.69, 9.17) is 11.6 Å². The summed E-state index contributed by atoms with van der Waals surface area (Å²) in [6.07, 6.45) is 5.18. The number of aromatic nitrogens is 2. The molecular weight excluding hydrogens is 484 g/mol. The van der Waals surface area contributed by atoms with Gasteiger partial charge in [0, 0.05) is 54.1 Å². The zero-order valence-corrected chi connectivity index (χ0v) is 20.6. The van der Waals surface area contributed by atoms with Gasteiger partial charge in [0.15, 0.2) is 10.6 Å². The lowest BCUT2D eigenvalue weighted by Gasteiger charge is -2.30. The van der Waals surface area contributed by atoms with Crippen LogP contribution in [0.25, 0.3) is 16.6 Å². The number of nitrogens with zero attached hydrogens (tertiary/aromatic N) is 3. The first-order valence-electron chi connectivity index (χ1n) is 11.5. The molecule has 4 aromatic rings. The molecule has 1 amide bonds. The van der Waals surface area contributed by atoms with Crippen molar-refractivity contribution in [3.05, 3.63) is 86.6 Å². The first-order chi connectivity index (χ1) is 17.0. The van der Waals surface area contributed by atoms with E-state index in [9.17, 15) is 14.7 Å². The number of halogens is 1. The van der Waals surface area contributed by atoms with Crippen molar-refractivity contribution in [3.63, 3.8) is 0 Å². The van der Waals surface area contributed by atoms with Crippen molar-refractivity contribution in [1.82, 2.24) is 14.9 Å². The maximum Gasteiger partial charge on any atom is 0.263 e. The third kappa shape index (κ3) is 4.96. The van der Waals surface area contributed by atoms with Crippen molar-refractivity contribution in [2.45, 2.75) is 19.4 Å². The van der Waals surface area contributed by atoms with Crippen LogP contribution in [-0.2, 0) is 6.54 Å². The molecule has 2 aromatic carbocycles. The number of hydrogen-bond acceptors (Lipinski definition) is 6. The fraction of sp³-hybridized carbons (Fsp3) is 0.269. The molecule has 0 atom stereocenters. The van der Waals surface area contributed by atoms with Crippen LogP contribution in [0.3, 0.4) is 0 Å². The number of rotatable bonds is 6. The summed E-state index contributed by atoms with van der Waals surface area (Å²) in [4.78, 5) is 33.1. The van der Waals surface area contributed by atoms with Crippen molar-refractivity contribution in [1.29, 1.82) is 0 Å². The minimum Gasteiger partial charge on any atom is -0.396 e. The Balaban J connectivity index is 1.36. The summed E-state index contributed by atoms with van der Waals surface area (Å²) >= 11 is 7.56. The molecule has 1 fully saturated rings. The van der Waals surface area contributed by atoms with Gasteiger partial charge in [0.25, 0.3) is 5.91 Å². The molecule has 180 valence electrons. The van der Waals surface area contributed by atoms with Crippen LogP contribution in [0.4, 0.5) is 5.13 Å². The van der Waals surface area contributed by atoms with E-state index in [-0.39, 0.29) is 24.5 Å². The summed E-state index contributed by atoms with van der Waals surface area (Å²) < 4.78 is 1.92. The number of benzene rings is 2. The van der Waals surface area contributed by atoms with E-state index in [0.29, 0.717) is 32.3 Å². The molecule has 9 heteroatoms. The standard InChI is InChI=1S/C26H25ClN4O3S/c27-19-6-7-21-22(12-19)31(20-4-2-1-3-5-20)15-18(24(21)33)13-28-25(34)23-14-29-26(35-23)30-10-8-17(16-32)9-11-30/h1-7,12,14-15,17,32H,8-11,13,16H2,(H,28,34). The Hall–Kier alpha value is -3.20. The van der Waals surface area contributed by atoms with Crippen molar-refractivity contribution >= 4 is 44.9 Å². The third-order valence-electron chi connectivity index (χ3n) is 6.37. The number of hydrogen-bond donors (Lipinski definition) is 2. The average Bonchev–Trinajstić information content (AvgIpc) is 3.39. The number of nitrogens with one attached hydrogen (secondary N) is 1. The number of fused-ring (bicyclic) bond motifs is 1. The molecule has 0 aliphatic carbocycles. The maximum absolute atomic E-state index is 13.2. The van der Waals surface area contributed by atoms with Crippen LogP contribution < -0.4 is 15.6 Å². The van der Waals surface area contributed by atoms with E-state index in [1.54, 1.807) is 30.6 Å². The maximum atomic E-state index is 13.2. The third-order valence-corrected chi connectivity index (χ3v) is 7.67. The molecular formula is C26H25ClN4O3S. The summed E-state index contributed by atoms with van der Waals surface area (Å²) in [6, 6.07) is 14.9. The monoisotopic (exact) mass is 508 g/mol. The number of pyridine rings is 1. The van der Waals surface area contributed by atoms with Gasteiger partial charge >= 0.3 is 0 Å². The highest BCUT2D eigenvalue weighted by Crippen LogP contribution is 2.27. The van der Waals surface area contributed by atoms with E-state index in [1.807, 2.05) is 34.9 Å². The van der Waals surface area contributed by atoms with E-state index in [0.717, 1.165) is 36.8 Å². The van der Waals surface area contributed by atoms with Gasteiger partial charge in [0.1, 0.15) is 4.88 Å². The first kappa shape index (κ1) is 23.5. The zero-order valence-electron chi connectivity index (χ0n) is 19.0. The van der Waals surface area contributed by atoms with Gasteiger partial charge in [0.2, 0.25) is 0 Å². The van der Waals surface area contributed by atoms with Crippen molar-refractivity contribution in [2.75, 3.05) is 24.6 Å².